The van der Waals surface area contributed by atoms with Crippen LogP contribution in [-0.2, 0) is 9.59 Å². The van der Waals surface area contributed by atoms with E-state index in [0.717, 1.165) is 0 Å². The average molecular weight is 273 g/mol. The van der Waals surface area contributed by atoms with Gasteiger partial charge in [0.1, 0.15) is 0 Å². The maximum atomic E-state index is 12.4. The van der Waals surface area contributed by atoms with Crippen molar-refractivity contribution in [3.63, 3.8) is 0 Å². The Morgan fingerprint density at radius 3 is 2.17 bits per heavy atom. The van der Waals surface area contributed by atoms with Crippen molar-refractivity contribution < 1.29 is 9.59 Å². The number of carbonyl (C=O) groups is 2. The molecule has 104 valence electrons. The van der Waals surface area contributed by atoms with E-state index in [1.807, 2.05) is 13.8 Å². The van der Waals surface area contributed by atoms with Gasteiger partial charge >= 0.3 is 0 Å². The first-order valence-corrected chi connectivity index (χ1v) is 6.52. The predicted molar refractivity (Wildman–Crippen MR) is 76.1 cm³/mol. The highest BCUT2D eigenvalue weighted by Crippen LogP contribution is 2.29. The smallest absolute Gasteiger partial charge is 0.235 e. The summed E-state index contributed by atoms with van der Waals surface area (Å²) in [6, 6.07) is 0. The maximum absolute atomic E-state index is 12.4. The van der Waals surface area contributed by atoms with Crippen LogP contribution in [0.3, 0.4) is 0 Å². The third kappa shape index (κ3) is 3.66. The summed E-state index contributed by atoms with van der Waals surface area (Å²) >= 11 is 5.03. The molecule has 0 bridgehead atoms. The SMILES string of the molecule is CCC(CC)(C(=O)N(C)CCC(=O)NC)C(N)=S. The summed E-state index contributed by atoms with van der Waals surface area (Å²) in [4.78, 5) is 25.3. The van der Waals surface area contributed by atoms with E-state index in [1.54, 1.807) is 14.1 Å². The van der Waals surface area contributed by atoms with E-state index in [4.69, 9.17) is 18.0 Å². The second-order valence-electron chi connectivity index (χ2n) is 4.30. The maximum Gasteiger partial charge on any atom is 0.235 e. The van der Waals surface area contributed by atoms with Crippen LogP contribution in [0.25, 0.3) is 0 Å². The Morgan fingerprint density at radius 1 is 1.33 bits per heavy atom. The first-order valence-electron chi connectivity index (χ1n) is 6.11. The van der Waals surface area contributed by atoms with Crippen LogP contribution in [0, 0.1) is 5.41 Å². The molecular formula is C12H23N3O2S. The van der Waals surface area contributed by atoms with Crippen molar-refractivity contribution in [1.82, 2.24) is 10.2 Å². The lowest BCUT2D eigenvalue weighted by atomic mass is 9.81. The Labute approximate surface area is 114 Å². The highest BCUT2D eigenvalue weighted by molar-refractivity contribution is 7.80. The van der Waals surface area contributed by atoms with E-state index in [9.17, 15) is 9.59 Å². The second kappa shape index (κ2) is 7.31. The Balaban J connectivity index is 4.78. The summed E-state index contributed by atoms with van der Waals surface area (Å²) in [5.74, 6) is -0.201. The lowest BCUT2D eigenvalue weighted by Gasteiger charge is -2.33. The first-order chi connectivity index (χ1) is 8.35. The van der Waals surface area contributed by atoms with Gasteiger partial charge in [0.2, 0.25) is 11.8 Å². The predicted octanol–water partition coefficient (Wildman–Crippen LogP) is 0.673. The van der Waals surface area contributed by atoms with Gasteiger partial charge in [-0.05, 0) is 12.8 Å². The van der Waals surface area contributed by atoms with E-state index >= 15 is 0 Å². The summed E-state index contributed by atoms with van der Waals surface area (Å²) in [5.41, 5.74) is 4.93. The molecule has 2 amide bonds. The molecule has 0 rings (SSSR count). The minimum absolute atomic E-state index is 0.0939. The third-order valence-corrected chi connectivity index (χ3v) is 3.78. The molecule has 0 atom stereocenters. The van der Waals surface area contributed by atoms with Crippen molar-refractivity contribution in [1.29, 1.82) is 0 Å². The van der Waals surface area contributed by atoms with Gasteiger partial charge in [0.15, 0.2) is 0 Å². The largest absolute Gasteiger partial charge is 0.392 e. The molecule has 0 aromatic carbocycles. The van der Waals surface area contributed by atoms with E-state index in [-0.39, 0.29) is 23.2 Å². The number of hydrogen-bond acceptors (Lipinski definition) is 3. The van der Waals surface area contributed by atoms with Crippen LogP contribution >= 0.6 is 12.2 Å². The number of nitrogens with one attached hydrogen (secondary N) is 1. The fraction of sp³-hybridized carbons (Fsp3) is 0.750. The van der Waals surface area contributed by atoms with Crippen LogP contribution in [-0.4, -0.2) is 42.3 Å². The van der Waals surface area contributed by atoms with E-state index in [2.05, 4.69) is 5.32 Å². The summed E-state index contributed by atoms with van der Waals surface area (Å²) in [7, 11) is 3.24. The average Bonchev–Trinajstić information content (AvgIpc) is 2.36. The molecule has 6 heteroatoms. The fourth-order valence-corrected chi connectivity index (χ4v) is 2.24. The second-order valence-corrected chi connectivity index (χ2v) is 4.74. The van der Waals surface area contributed by atoms with E-state index in [1.165, 1.54) is 4.90 Å². The highest BCUT2D eigenvalue weighted by Gasteiger charge is 2.39. The lowest BCUT2D eigenvalue weighted by molar-refractivity contribution is -0.137. The van der Waals surface area contributed by atoms with Gasteiger partial charge in [-0.2, -0.15) is 0 Å². The molecule has 3 N–H and O–H groups in total. The van der Waals surface area contributed by atoms with Crippen LogP contribution < -0.4 is 11.1 Å². The number of hydrogen-bond donors (Lipinski definition) is 2. The molecule has 0 aliphatic rings. The highest BCUT2D eigenvalue weighted by atomic mass is 32.1. The van der Waals surface area contributed by atoms with Gasteiger partial charge in [0.05, 0.1) is 10.4 Å². The standard InChI is InChI=1S/C12H23N3O2S/c1-5-12(6-2,10(13)18)11(17)15(4)8-7-9(16)14-3/h5-8H2,1-4H3,(H2,13,18)(H,14,16). The zero-order valence-electron chi connectivity index (χ0n) is 11.6. The van der Waals surface area contributed by atoms with Crippen molar-refractivity contribution in [2.45, 2.75) is 33.1 Å². The van der Waals surface area contributed by atoms with Crippen LogP contribution in [0.15, 0.2) is 0 Å². The number of rotatable bonds is 7. The molecule has 0 saturated carbocycles. The fourth-order valence-electron chi connectivity index (χ4n) is 1.87. The number of nitrogens with two attached hydrogens (primary N) is 1. The molecule has 5 nitrogen and oxygen atoms in total. The van der Waals surface area contributed by atoms with Crippen molar-refractivity contribution in [2.24, 2.45) is 11.1 Å². The first kappa shape index (κ1) is 16.8. The van der Waals surface area contributed by atoms with E-state index < -0.39 is 5.41 Å². The van der Waals surface area contributed by atoms with Crippen LogP contribution in [0.5, 0.6) is 0 Å². The quantitative estimate of drug-likeness (QED) is 0.669. The van der Waals surface area contributed by atoms with Crippen molar-refractivity contribution in [3.05, 3.63) is 0 Å². The number of thiocarbonyl (C=S) groups is 1. The molecule has 0 spiro atoms. The molecular weight excluding hydrogens is 250 g/mol. The normalized spacial score (nSPS) is 10.9. The topological polar surface area (TPSA) is 75.4 Å². The summed E-state index contributed by atoms with van der Waals surface area (Å²) in [6.07, 6.45) is 1.42. The van der Waals surface area contributed by atoms with Crippen molar-refractivity contribution in [3.8, 4) is 0 Å². The van der Waals surface area contributed by atoms with Crippen LogP contribution in [0.1, 0.15) is 33.1 Å². The Morgan fingerprint density at radius 2 is 1.83 bits per heavy atom. The molecule has 0 aromatic rings. The monoisotopic (exact) mass is 273 g/mol. The van der Waals surface area contributed by atoms with Crippen molar-refractivity contribution in [2.75, 3.05) is 20.6 Å². The van der Waals surface area contributed by atoms with E-state index in [0.29, 0.717) is 19.4 Å². The molecule has 0 aromatic heterocycles. The number of carbonyl (C=O) groups excluding carboxylic acids is 2. The summed E-state index contributed by atoms with van der Waals surface area (Å²) in [5, 5.41) is 2.52. The summed E-state index contributed by atoms with van der Waals surface area (Å²) in [6.45, 7) is 4.16. The van der Waals surface area contributed by atoms with Gasteiger partial charge < -0.3 is 16.0 Å². The molecule has 0 radical (unpaired) electrons. The minimum atomic E-state index is -0.785. The molecule has 0 fully saturated rings. The Hall–Kier alpha value is -1.17. The number of amides is 2. The van der Waals surface area contributed by atoms with Gasteiger partial charge in [0, 0.05) is 27.1 Å². The molecule has 18 heavy (non-hydrogen) atoms. The van der Waals surface area contributed by atoms with Crippen LogP contribution in [0.2, 0.25) is 0 Å². The molecule has 0 aliphatic heterocycles. The molecule has 0 aliphatic carbocycles. The Kier molecular flexibility index (Phi) is 6.83. The van der Waals surface area contributed by atoms with Gasteiger partial charge in [0.25, 0.3) is 0 Å². The lowest BCUT2D eigenvalue weighted by Crippen LogP contribution is -2.49. The molecule has 0 unspecified atom stereocenters. The third-order valence-electron chi connectivity index (χ3n) is 3.39. The van der Waals surface area contributed by atoms with Gasteiger partial charge in [-0.3, -0.25) is 9.59 Å². The summed E-state index contributed by atoms with van der Waals surface area (Å²) < 4.78 is 0. The minimum Gasteiger partial charge on any atom is -0.392 e. The van der Waals surface area contributed by atoms with Gasteiger partial charge in [-0.1, -0.05) is 26.1 Å². The van der Waals surface area contributed by atoms with Crippen LogP contribution in [0.4, 0.5) is 0 Å². The van der Waals surface area contributed by atoms with Gasteiger partial charge in [-0.25, -0.2) is 0 Å². The van der Waals surface area contributed by atoms with Gasteiger partial charge in [-0.15, -0.1) is 0 Å². The zero-order valence-corrected chi connectivity index (χ0v) is 12.4. The molecule has 0 saturated heterocycles. The Bertz CT molecular complexity index is 327. The zero-order chi connectivity index (χ0) is 14.3. The number of nitrogens with zero attached hydrogens (tertiary/aromatic N) is 1. The molecule has 0 heterocycles. The van der Waals surface area contributed by atoms with Crippen molar-refractivity contribution >= 4 is 29.0 Å².